The fourth-order valence-corrected chi connectivity index (χ4v) is 8.21. The largest absolute Gasteiger partial charge is 0.472 e. The van der Waals surface area contributed by atoms with Crippen LogP contribution in [0.1, 0.15) is 250 Å². The Morgan fingerprint density at radius 3 is 1.08 bits per heavy atom. The monoisotopic (exact) mass is 1060 g/mol. The minimum atomic E-state index is -5.02. The van der Waals surface area contributed by atoms with Crippen molar-refractivity contribution < 1.29 is 75.7 Å². The van der Waals surface area contributed by atoms with Gasteiger partial charge in [-0.15, -0.1) is 0 Å². The molecule has 0 aliphatic rings. The van der Waals surface area contributed by atoms with Crippen molar-refractivity contribution in [3.05, 3.63) is 0 Å². The first-order valence-electron chi connectivity index (χ1n) is 27.4. The van der Waals surface area contributed by atoms with Crippen LogP contribution in [-0.2, 0) is 61.2 Å². The van der Waals surface area contributed by atoms with Gasteiger partial charge in [0.05, 0.1) is 26.1 Å². The smallest absolute Gasteiger partial charge is 0.462 e. The van der Waals surface area contributed by atoms with Crippen LogP contribution in [0.2, 0.25) is 0 Å². The van der Waals surface area contributed by atoms with Gasteiger partial charge in [-0.3, -0.25) is 28.2 Å². The predicted octanol–water partition coefficient (Wildman–Crippen LogP) is 12.8. The molecule has 19 heteroatoms. The summed E-state index contributed by atoms with van der Waals surface area (Å²) in [5.41, 5.74) is -3.93. The van der Waals surface area contributed by atoms with Crippen LogP contribution in [0, 0.1) is 0 Å². The standard InChI is InChI=1S/C54H101N2O16P/c1-13-15-17-19-21-23-25-27-29-31-33-35-45(57)65-39-43(69-46(58)36-34-32-30-28-26-24-22-20-18-16-14-2)41-67-73(63,64)68-42-44(70-48(60)38-54(11,12)56-50(62)72-52(6,7)8)40-66-47(59)37-53(9,10)55-49(61)71-51(3,4)5/h43-44H,13-42H2,1-12H3,(H,55,61)(H,56,62)(H,63,64). The zero-order valence-electron chi connectivity index (χ0n) is 47.4. The number of phosphoric acid groups is 1. The van der Waals surface area contributed by atoms with Crippen molar-refractivity contribution in [2.75, 3.05) is 26.4 Å². The summed E-state index contributed by atoms with van der Waals surface area (Å²) in [7, 11) is -5.02. The number of hydrogen-bond acceptors (Lipinski definition) is 15. The topological polar surface area (TPSA) is 238 Å². The number of unbranched alkanes of at least 4 members (excludes halogenated alkanes) is 20. The zero-order valence-corrected chi connectivity index (χ0v) is 48.3. The molecule has 0 fully saturated rings. The number of phosphoric ester groups is 1. The molecule has 0 bridgehead atoms. The summed E-state index contributed by atoms with van der Waals surface area (Å²) in [5.74, 6) is -2.81. The van der Waals surface area contributed by atoms with E-state index < -0.39 is 111 Å². The Labute approximate surface area is 439 Å². The highest BCUT2D eigenvalue weighted by molar-refractivity contribution is 7.47. The molecule has 0 radical (unpaired) electrons. The Morgan fingerprint density at radius 1 is 0.425 bits per heavy atom. The summed E-state index contributed by atoms with van der Waals surface area (Å²) in [6, 6.07) is 0. The lowest BCUT2D eigenvalue weighted by Gasteiger charge is -2.29. The molecule has 0 saturated carbocycles. The Bertz CT molecular complexity index is 1610. The number of hydrogen-bond donors (Lipinski definition) is 3. The molecule has 3 atom stereocenters. The number of esters is 4. The van der Waals surface area contributed by atoms with E-state index >= 15 is 0 Å². The third-order valence-corrected chi connectivity index (χ3v) is 12.1. The second-order valence-corrected chi connectivity index (χ2v) is 24.0. The molecule has 2 amide bonds. The number of nitrogens with one attached hydrogen (secondary N) is 2. The van der Waals surface area contributed by atoms with Gasteiger partial charge >= 0.3 is 43.9 Å². The van der Waals surface area contributed by atoms with Crippen LogP contribution in [0.25, 0.3) is 0 Å². The fraction of sp³-hybridized carbons (Fsp3) is 0.889. The summed E-state index contributed by atoms with van der Waals surface area (Å²) < 4.78 is 56.4. The summed E-state index contributed by atoms with van der Waals surface area (Å²) >= 11 is 0. The lowest BCUT2D eigenvalue weighted by molar-refractivity contribution is -0.163. The van der Waals surface area contributed by atoms with Crippen LogP contribution in [0.3, 0.4) is 0 Å². The molecular formula is C54H101N2O16P. The van der Waals surface area contributed by atoms with Gasteiger partial charge in [-0.05, 0) is 82.1 Å². The van der Waals surface area contributed by atoms with Gasteiger partial charge in [-0.1, -0.05) is 142 Å². The third kappa shape index (κ3) is 44.5. The van der Waals surface area contributed by atoms with Gasteiger partial charge in [0.2, 0.25) is 0 Å². The predicted molar refractivity (Wildman–Crippen MR) is 282 cm³/mol. The highest BCUT2D eigenvalue weighted by Gasteiger charge is 2.33. The Balaban J connectivity index is 5.76. The van der Waals surface area contributed by atoms with Crippen LogP contribution < -0.4 is 10.6 Å². The van der Waals surface area contributed by atoms with Crippen LogP contribution >= 0.6 is 7.82 Å². The molecule has 3 N–H and O–H groups in total. The van der Waals surface area contributed by atoms with E-state index in [1.807, 2.05) is 0 Å². The molecule has 428 valence electrons. The summed E-state index contributed by atoms with van der Waals surface area (Å²) in [6.07, 6.45) is 19.7. The van der Waals surface area contributed by atoms with Crippen molar-refractivity contribution in [2.24, 2.45) is 0 Å². The lowest BCUT2D eigenvalue weighted by Crippen LogP contribution is -2.48. The first kappa shape index (κ1) is 69.5. The number of ether oxygens (including phenoxy) is 6. The van der Waals surface area contributed by atoms with Gasteiger partial charge in [-0.25, -0.2) is 14.2 Å². The number of rotatable bonds is 42. The molecule has 0 spiro atoms. The van der Waals surface area contributed by atoms with Crippen LogP contribution in [0.15, 0.2) is 0 Å². The number of alkyl carbamates (subject to hydrolysis) is 2. The van der Waals surface area contributed by atoms with Crippen molar-refractivity contribution in [1.29, 1.82) is 0 Å². The van der Waals surface area contributed by atoms with E-state index in [2.05, 4.69) is 24.5 Å². The highest BCUT2D eigenvalue weighted by Crippen LogP contribution is 2.43. The third-order valence-electron chi connectivity index (χ3n) is 11.1. The molecule has 0 aliphatic heterocycles. The van der Waals surface area contributed by atoms with Crippen LogP contribution in [-0.4, -0.2) is 102 Å². The van der Waals surface area contributed by atoms with E-state index in [0.29, 0.717) is 12.8 Å². The second kappa shape index (κ2) is 38.1. The van der Waals surface area contributed by atoms with Crippen molar-refractivity contribution in [3.63, 3.8) is 0 Å². The molecule has 18 nitrogen and oxygen atoms in total. The second-order valence-electron chi connectivity index (χ2n) is 22.6. The number of carbonyl (C=O) groups excluding carboxylic acids is 6. The number of amides is 2. The van der Waals surface area contributed by atoms with E-state index in [9.17, 15) is 38.2 Å². The molecular weight excluding hydrogens is 964 g/mol. The normalized spacial score (nSPS) is 13.8. The van der Waals surface area contributed by atoms with Gasteiger partial charge < -0.3 is 43.9 Å². The Hall–Kier alpha value is -3.47. The SMILES string of the molecule is CCCCCCCCCCCCCC(=O)OCC(COP(=O)(O)OCC(COC(=O)CC(C)(C)NC(=O)OC(C)(C)C)OC(=O)CC(C)(C)NC(=O)OC(C)(C)C)OC(=O)CCCCCCCCCCCCC. The van der Waals surface area contributed by atoms with Crippen molar-refractivity contribution in [3.8, 4) is 0 Å². The van der Waals surface area contributed by atoms with E-state index in [-0.39, 0.29) is 19.3 Å². The first-order valence-corrected chi connectivity index (χ1v) is 28.9. The van der Waals surface area contributed by atoms with Gasteiger partial charge in [-0.2, -0.15) is 0 Å². The average Bonchev–Trinajstić information content (AvgIpc) is 3.24. The van der Waals surface area contributed by atoms with E-state index in [1.54, 1.807) is 69.2 Å². The average molecular weight is 1070 g/mol. The summed E-state index contributed by atoms with van der Waals surface area (Å²) in [4.78, 5) is 87.8. The maximum absolute atomic E-state index is 13.3. The van der Waals surface area contributed by atoms with Gasteiger partial charge in [0.25, 0.3) is 0 Å². The molecule has 0 aromatic carbocycles. The minimum absolute atomic E-state index is 0.0948. The Kier molecular flexibility index (Phi) is 36.3. The molecule has 0 aromatic heterocycles. The highest BCUT2D eigenvalue weighted by atomic mass is 31.2. The van der Waals surface area contributed by atoms with Crippen molar-refractivity contribution in [1.82, 2.24) is 10.6 Å². The first-order chi connectivity index (χ1) is 34.1. The maximum Gasteiger partial charge on any atom is 0.472 e. The van der Waals surface area contributed by atoms with Gasteiger partial charge in [0, 0.05) is 23.9 Å². The molecule has 3 unspecified atom stereocenters. The molecule has 0 aromatic rings. The van der Waals surface area contributed by atoms with E-state index in [4.69, 9.17) is 37.5 Å². The summed E-state index contributed by atoms with van der Waals surface area (Å²) in [5, 5.41) is 5.20. The minimum Gasteiger partial charge on any atom is -0.462 e. The molecule has 0 aliphatic carbocycles. The fourth-order valence-electron chi connectivity index (χ4n) is 7.43. The van der Waals surface area contributed by atoms with Crippen LogP contribution in [0.4, 0.5) is 9.59 Å². The van der Waals surface area contributed by atoms with Crippen molar-refractivity contribution >= 4 is 43.9 Å². The van der Waals surface area contributed by atoms with Gasteiger partial charge in [0.1, 0.15) is 24.4 Å². The molecule has 73 heavy (non-hydrogen) atoms. The Morgan fingerprint density at radius 2 is 0.726 bits per heavy atom. The quantitative estimate of drug-likeness (QED) is 0.0223. The summed E-state index contributed by atoms with van der Waals surface area (Å²) in [6.45, 7) is 18.2. The van der Waals surface area contributed by atoms with E-state index in [0.717, 1.165) is 44.9 Å². The van der Waals surface area contributed by atoms with E-state index in [1.165, 1.54) is 83.5 Å². The van der Waals surface area contributed by atoms with Gasteiger partial charge in [0.15, 0.2) is 12.2 Å². The number of carbonyl (C=O) groups is 6. The maximum atomic E-state index is 13.3. The van der Waals surface area contributed by atoms with Crippen molar-refractivity contribution in [2.45, 2.75) is 285 Å². The molecule has 0 rings (SSSR count). The molecule has 0 heterocycles. The van der Waals surface area contributed by atoms with Crippen LogP contribution in [0.5, 0.6) is 0 Å². The lowest BCUT2D eigenvalue weighted by atomic mass is 10.0. The molecule has 0 saturated heterocycles. The zero-order chi connectivity index (χ0) is 55.4.